The lowest BCUT2D eigenvalue weighted by Crippen LogP contribution is -2.10. The van der Waals surface area contributed by atoms with Gasteiger partial charge in [0.25, 0.3) is 0 Å². The van der Waals surface area contributed by atoms with Crippen LogP contribution in [-0.4, -0.2) is 12.6 Å². The fourth-order valence-corrected chi connectivity index (χ4v) is 3.43. The van der Waals surface area contributed by atoms with E-state index in [1.165, 1.54) is 0 Å². The third-order valence-electron chi connectivity index (χ3n) is 2.75. The summed E-state index contributed by atoms with van der Waals surface area (Å²) < 4.78 is 5.59. The summed E-state index contributed by atoms with van der Waals surface area (Å²) in [6.07, 6.45) is 0.734. The molecule has 0 saturated heterocycles. The molecule has 0 unspecified atom stereocenters. The Morgan fingerprint density at radius 2 is 1.41 bits per heavy atom. The van der Waals surface area contributed by atoms with E-state index in [1.807, 2.05) is 54.6 Å². The molecule has 0 aromatic heterocycles. The number of azo groups is 1. The summed E-state index contributed by atoms with van der Waals surface area (Å²) in [7, 11) is 0. The smallest absolute Gasteiger partial charge is 0.341 e. The summed E-state index contributed by atoms with van der Waals surface area (Å²) in [5.74, 6) is 0.768. The second-order valence-corrected chi connectivity index (χ2v) is 13.9. The fraction of sp³-hybridized carbons (Fsp3) is 0.200. The van der Waals surface area contributed by atoms with Crippen molar-refractivity contribution >= 4 is 50.6 Å². The Bertz CT molecular complexity index is 600. The minimum atomic E-state index is -2.54. The van der Waals surface area contributed by atoms with Gasteiger partial charge in [-0.15, -0.1) is 33.2 Å². The van der Waals surface area contributed by atoms with Crippen LogP contribution in [0, 0.1) is 0 Å². The normalized spacial score (nSPS) is 11.8. The van der Waals surface area contributed by atoms with Crippen LogP contribution in [0.4, 0.5) is 11.4 Å². The van der Waals surface area contributed by atoms with Gasteiger partial charge in [0.05, 0.1) is 18.0 Å². The molecule has 2 aromatic carbocycles. The van der Waals surface area contributed by atoms with E-state index in [0.717, 1.165) is 23.5 Å². The minimum absolute atomic E-state index is 0.534. The van der Waals surface area contributed by atoms with Crippen LogP contribution in [0.15, 0.2) is 64.8 Å². The maximum Gasteiger partial charge on any atom is 0.341 e. The number of benzene rings is 2. The maximum atomic E-state index is 5.81. The Morgan fingerprint density at radius 3 is 2.00 bits per heavy atom. The van der Waals surface area contributed by atoms with Crippen LogP contribution < -0.4 is 4.74 Å². The highest BCUT2D eigenvalue weighted by Gasteiger charge is 2.23. The van der Waals surface area contributed by atoms with Gasteiger partial charge in [0.2, 0.25) is 0 Å². The number of halogens is 3. The van der Waals surface area contributed by atoms with Crippen molar-refractivity contribution in [2.24, 2.45) is 10.2 Å². The number of nitrogens with zero attached hydrogens (tertiary/aromatic N) is 2. The monoisotopic (exact) mass is 372 g/mol. The predicted octanol–water partition coefficient (Wildman–Crippen LogP) is 6.53. The van der Waals surface area contributed by atoms with E-state index < -0.39 is 6.00 Å². The molecule has 3 nitrogen and oxygen atoms in total. The number of rotatable bonds is 7. The number of hydrogen-bond donors (Lipinski definition) is 0. The van der Waals surface area contributed by atoms with Crippen LogP contribution in [0.2, 0.25) is 6.04 Å². The highest BCUT2D eigenvalue weighted by molar-refractivity contribution is 7.64. The van der Waals surface area contributed by atoms with E-state index in [9.17, 15) is 0 Å². The summed E-state index contributed by atoms with van der Waals surface area (Å²) in [5.41, 5.74) is 1.59. The predicted molar refractivity (Wildman–Crippen MR) is 95.3 cm³/mol. The van der Waals surface area contributed by atoms with Crippen LogP contribution in [0.5, 0.6) is 5.75 Å². The molecule has 0 bridgehead atoms. The van der Waals surface area contributed by atoms with Crippen molar-refractivity contribution in [3.8, 4) is 5.75 Å². The van der Waals surface area contributed by atoms with Gasteiger partial charge in [-0.2, -0.15) is 10.2 Å². The van der Waals surface area contributed by atoms with Gasteiger partial charge in [0.15, 0.2) is 0 Å². The average Bonchev–Trinajstić information content (AvgIpc) is 2.51. The first-order valence-electron chi connectivity index (χ1n) is 6.79. The van der Waals surface area contributed by atoms with Crippen LogP contribution in [0.1, 0.15) is 6.42 Å². The van der Waals surface area contributed by atoms with Crippen molar-refractivity contribution < 1.29 is 4.74 Å². The van der Waals surface area contributed by atoms with Crippen molar-refractivity contribution in [2.75, 3.05) is 6.61 Å². The molecule has 2 rings (SSSR count). The molecule has 0 aliphatic rings. The molecular weight excluding hydrogens is 359 g/mol. The van der Waals surface area contributed by atoms with Crippen molar-refractivity contribution in [1.82, 2.24) is 0 Å². The fourth-order valence-electron chi connectivity index (χ4n) is 1.68. The molecule has 22 heavy (non-hydrogen) atoms. The molecule has 116 valence electrons. The molecule has 0 atom stereocenters. The zero-order valence-electron chi connectivity index (χ0n) is 11.8. The number of hydrogen-bond acceptors (Lipinski definition) is 3. The van der Waals surface area contributed by atoms with Crippen molar-refractivity contribution in [3.05, 3.63) is 54.6 Å². The summed E-state index contributed by atoms with van der Waals surface area (Å²) >= 11 is 17.4. The molecule has 0 aliphatic carbocycles. The van der Waals surface area contributed by atoms with Gasteiger partial charge in [0, 0.05) is 0 Å². The molecule has 0 N–H and O–H groups in total. The van der Waals surface area contributed by atoms with E-state index in [2.05, 4.69) is 10.2 Å². The van der Waals surface area contributed by atoms with Gasteiger partial charge in [0.1, 0.15) is 5.75 Å². The van der Waals surface area contributed by atoms with Gasteiger partial charge in [-0.3, -0.25) is 0 Å². The SMILES string of the molecule is Cl[Si](Cl)(Cl)CCCOc1ccc(N=Nc2ccccc2)cc1. The van der Waals surface area contributed by atoms with Crippen molar-refractivity contribution in [3.63, 3.8) is 0 Å². The number of ether oxygens (including phenoxy) is 1. The molecule has 7 heteroatoms. The third-order valence-corrected chi connectivity index (χ3v) is 5.37. The maximum absolute atomic E-state index is 5.81. The molecule has 0 radical (unpaired) electrons. The van der Waals surface area contributed by atoms with Crippen molar-refractivity contribution in [2.45, 2.75) is 12.5 Å². The van der Waals surface area contributed by atoms with E-state index in [0.29, 0.717) is 12.7 Å². The van der Waals surface area contributed by atoms with Crippen LogP contribution in [-0.2, 0) is 0 Å². The molecule has 2 aromatic rings. The Labute approximate surface area is 145 Å². The highest BCUT2D eigenvalue weighted by Crippen LogP contribution is 2.26. The Kier molecular flexibility index (Phi) is 6.70. The zero-order chi connectivity index (χ0) is 15.8. The molecule has 0 saturated carbocycles. The van der Waals surface area contributed by atoms with Gasteiger partial charge in [-0.25, -0.2) is 0 Å². The summed E-state index contributed by atoms with van der Waals surface area (Å²) in [5, 5.41) is 8.32. The zero-order valence-corrected chi connectivity index (χ0v) is 15.0. The lowest BCUT2D eigenvalue weighted by atomic mass is 10.3. The minimum Gasteiger partial charge on any atom is -0.494 e. The molecule has 0 spiro atoms. The van der Waals surface area contributed by atoms with Crippen LogP contribution >= 0.6 is 33.2 Å². The highest BCUT2D eigenvalue weighted by atomic mass is 35.8. The first-order chi connectivity index (χ1) is 10.5. The van der Waals surface area contributed by atoms with Gasteiger partial charge >= 0.3 is 6.00 Å². The van der Waals surface area contributed by atoms with Gasteiger partial charge in [-0.05, 0) is 48.9 Å². The Morgan fingerprint density at radius 1 is 0.818 bits per heavy atom. The van der Waals surface area contributed by atoms with Gasteiger partial charge in [-0.1, -0.05) is 18.2 Å². The average molecular weight is 374 g/mol. The first kappa shape index (κ1) is 17.3. The molecule has 0 aliphatic heterocycles. The lowest BCUT2D eigenvalue weighted by Gasteiger charge is -2.09. The lowest BCUT2D eigenvalue weighted by molar-refractivity contribution is 0.317. The molecular formula is C15H15Cl3N2OSi. The molecule has 0 amide bonds. The van der Waals surface area contributed by atoms with E-state index in [4.69, 9.17) is 38.0 Å². The Hall–Kier alpha value is -1.07. The summed E-state index contributed by atoms with van der Waals surface area (Å²) in [6, 6.07) is 15.1. The third kappa shape index (κ3) is 6.79. The second kappa shape index (κ2) is 8.53. The van der Waals surface area contributed by atoms with Crippen molar-refractivity contribution in [1.29, 1.82) is 0 Å². The van der Waals surface area contributed by atoms with E-state index in [1.54, 1.807) is 0 Å². The molecule has 0 fully saturated rings. The quantitative estimate of drug-likeness (QED) is 0.235. The second-order valence-electron chi connectivity index (χ2n) is 4.60. The summed E-state index contributed by atoms with van der Waals surface area (Å²) in [4.78, 5) is 0. The summed E-state index contributed by atoms with van der Waals surface area (Å²) in [6.45, 7) is 0.534. The first-order valence-corrected chi connectivity index (χ1v) is 12.0. The standard InChI is InChI=1S/C15H15Cl3N2OSi/c16-22(17,18)12-4-11-21-15-9-7-14(8-10-15)20-19-13-5-2-1-3-6-13/h1-3,5-10H,4,11-12H2. The Balaban J connectivity index is 1.82. The van der Waals surface area contributed by atoms with E-state index in [-0.39, 0.29) is 0 Å². The van der Waals surface area contributed by atoms with Gasteiger partial charge < -0.3 is 4.74 Å². The van der Waals surface area contributed by atoms with Crippen LogP contribution in [0.3, 0.4) is 0 Å². The van der Waals surface area contributed by atoms with E-state index >= 15 is 0 Å². The largest absolute Gasteiger partial charge is 0.494 e. The topological polar surface area (TPSA) is 34.0 Å². The molecule has 0 heterocycles. The van der Waals surface area contributed by atoms with Crippen LogP contribution in [0.25, 0.3) is 0 Å².